The molecule has 0 saturated heterocycles. The van der Waals surface area contributed by atoms with E-state index in [4.69, 9.17) is 0 Å². The second-order valence-electron chi connectivity index (χ2n) is 2.67. The molecule has 0 aliphatic heterocycles. The van der Waals surface area contributed by atoms with E-state index in [0.29, 0.717) is 11.3 Å². The molecule has 4 heteroatoms. The van der Waals surface area contributed by atoms with Gasteiger partial charge in [-0.1, -0.05) is 0 Å². The maximum Gasteiger partial charge on any atom is 0.198 e. The SMILES string of the molecule is Cc1cnc2ncc(C)nc2n1. The van der Waals surface area contributed by atoms with Gasteiger partial charge < -0.3 is 0 Å². The fraction of sp³-hybridized carbons (Fsp3) is 0.250. The van der Waals surface area contributed by atoms with Crippen LogP contribution in [0.4, 0.5) is 0 Å². The first-order valence-corrected chi connectivity index (χ1v) is 3.69. The number of rotatable bonds is 0. The standard InChI is InChI=1S/C8H8N4/c1-5-3-9-7-8(11-5)12-6(2)4-10-7/h3-4H,1-2H3. The van der Waals surface area contributed by atoms with Crippen molar-refractivity contribution < 1.29 is 0 Å². The smallest absolute Gasteiger partial charge is 0.198 e. The van der Waals surface area contributed by atoms with Crippen LogP contribution in [-0.4, -0.2) is 19.9 Å². The molecule has 0 radical (unpaired) electrons. The Morgan fingerprint density at radius 2 is 1.33 bits per heavy atom. The maximum absolute atomic E-state index is 4.20. The zero-order valence-corrected chi connectivity index (χ0v) is 6.94. The molecular formula is C8H8N4. The van der Waals surface area contributed by atoms with E-state index in [0.717, 1.165) is 11.4 Å². The Morgan fingerprint density at radius 1 is 0.833 bits per heavy atom. The predicted molar refractivity (Wildman–Crippen MR) is 44.6 cm³/mol. The third-order valence-corrected chi connectivity index (χ3v) is 1.51. The molecule has 2 aromatic rings. The van der Waals surface area contributed by atoms with Crippen LogP contribution in [0.2, 0.25) is 0 Å². The fourth-order valence-corrected chi connectivity index (χ4v) is 0.975. The highest BCUT2D eigenvalue weighted by atomic mass is 15.0. The lowest BCUT2D eigenvalue weighted by molar-refractivity contribution is 1.08. The Kier molecular flexibility index (Phi) is 1.46. The zero-order valence-electron chi connectivity index (χ0n) is 6.94. The van der Waals surface area contributed by atoms with Crippen molar-refractivity contribution in [3.63, 3.8) is 0 Å². The molecule has 2 aromatic heterocycles. The summed E-state index contributed by atoms with van der Waals surface area (Å²) in [7, 11) is 0. The summed E-state index contributed by atoms with van der Waals surface area (Å²) in [5.41, 5.74) is 2.95. The van der Waals surface area contributed by atoms with Gasteiger partial charge in [0.1, 0.15) is 0 Å². The van der Waals surface area contributed by atoms with Crippen molar-refractivity contribution in [1.29, 1.82) is 0 Å². The number of hydrogen-bond acceptors (Lipinski definition) is 4. The number of hydrogen-bond donors (Lipinski definition) is 0. The summed E-state index contributed by atoms with van der Waals surface area (Å²) < 4.78 is 0. The van der Waals surface area contributed by atoms with Crippen molar-refractivity contribution in [2.75, 3.05) is 0 Å². The van der Waals surface area contributed by atoms with E-state index in [-0.39, 0.29) is 0 Å². The quantitative estimate of drug-likeness (QED) is 0.577. The Labute approximate surface area is 69.7 Å². The molecule has 0 aromatic carbocycles. The van der Waals surface area contributed by atoms with Gasteiger partial charge in [0.15, 0.2) is 11.3 Å². The average molecular weight is 160 g/mol. The second kappa shape index (κ2) is 2.48. The molecule has 60 valence electrons. The van der Waals surface area contributed by atoms with Crippen LogP contribution in [0.1, 0.15) is 11.4 Å². The Hall–Kier alpha value is -1.58. The van der Waals surface area contributed by atoms with Crippen LogP contribution in [0.5, 0.6) is 0 Å². The van der Waals surface area contributed by atoms with Crippen molar-refractivity contribution >= 4 is 11.3 Å². The van der Waals surface area contributed by atoms with Crippen LogP contribution in [0.15, 0.2) is 12.4 Å². The maximum atomic E-state index is 4.20. The number of fused-ring (bicyclic) bond motifs is 1. The minimum atomic E-state index is 0.603. The highest BCUT2D eigenvalue weighted by Gasteiger charge is 1.98. The molecule has 0 saturated carbocycles. The third kappa shape index (κ3) is 1.11. The normalized spacial score (nSPS) is 10.5. The summed E-state index contributed by atoms with van der Waals surface area (Å²) in [6, 6.07) is 0. The van der Waals surface area contributed by atoms with Crippen molar-refractivity contribution in [1.82, 2.24) is 19.9 Å². The van der Waals surface area contributed by atoms with Gasteiger partial charge in [-0.2, -0.15) is 0 Å². The van der Waals surface area contributed by atoms with E-state index in [1.165, 1.54) is 0 Å². The van der Waals surface area contributed by atoms with Gasteiger partial charge >= 0.3 is 0 Å². The first-order valence-electron chi connectivity index (χ1n) is 3.69. The van der Waals surface area contributed by atoms with E-state index >= 15 is 0 Å². The van der Waals surface area contributed by atoms with E-state index in [1.54, 1.807) is 12.4 Å². The lowest BCUT2D eigenvalue weighted by atomic mass is 10.4. The van der Waals surface area contributed by atoms with Gasteiger partial charge in [0.05, 0.1) is 23.8 Å². The Balaban J connectivity index is 2.80. The van der Waals surface area contributed by atoms with Crippen LogP contribution in [0.25, 0.3) is 11.3 Å². The summed E-state index contributed by atoms with van der Waals surface area (Å²) >= 11 is 0. The molecule has 0 amide bonds. The molecule has 12 heavy (non-hydrogen) atoms. The summed E-state index contributed by atoms with van der Waals surface area (Å²) in [6.07, 6.45) is 3.37. The van der Waals surface area contributed by atoms with Gasteiger partial charge in [0.2, 0.25) is 0 Å². The number of aryl methyl sites for hydroxylation is 2. The van der Waals surface area contributed by atoms with Gasteiger partial charge in [0, 0.05) is 0 Å². The lowest BCUT2D eigenvalue weighted by Crippen LogP contribution is -1.94. The number of nitrogens with zero attached hydrogens (tertiary/aromatic N) is 4. The van der Waals surface area contributed by atoms with Gasteiger partial charge in [-0.05, 0) is 13.8 Å². The Bertz CT molecular complexity index is 388. The van der Waals surface area contributed by atoms with Crippen molar-refractivity contribution in [2.24, 2.45) is 0 Å². The van der Waals surface area contributed by atoms with Gasteiger partial charge in [-0.15, -0.1) is 0 Å². The zero-order chi connectivity index (χ0) is 8.55. The van der Waals surface area contributed by atoms with Gasteiger partial charge in [-0.3, -0.25) is 0 Å². The largest absolute Gasteiger partial charge is 0.232 e. The number of aromatic nitrogens is 4. The van der Waals surface area contributed by atoms with Gasteiger partial charge in [0.25, 0.3) is 0 Å². The third-order valence-electron chi connectivity index (χ3n) is 1.51. The molecule has 0 spiro atoms. The van der Waals surface area contributed by atoms with E-state index in [1.807, 2.05) is 13.8 Å². The Morgan fingerprint density at radius 3 is 1.83 bits per heavy atom. The molecule has 0 unspecified atom stereocenters. The highest BCUT2D eigenvalue weighted by molar-refractivity contribution is 5.63. The summed E-state index contributed by atoms with van der Waals surface area (Å²) in [6.45, 7) is 3.77. The minimum Gasteiger partial charge on any atom is -0.232 e. The molecule has 0 N–H and O–H groups in total. The molecule has 0 bridgehead atoms. The van der Waals surface area contributed by atoms with Crippen LogP contribution in [0, 0.1) is 13.8 Å². The fourth-order valence-electron chi connectivity index (χ4n) is 0.975. The lowest BCUT2D eigenvalue weighted by Gasteiger charge is -1.96. The van der Waals surface area contributed by atoms with Crippen molar-refractivity contribution in [3.8, 4) is 0 Å². The van der Waals surface area contributed by atoms with Crippen LogP contribution in [-0.2, 0) is 0 Å². The molecule has 0 aliphatic carbocycles. The molecule has 2 heterocycles. The minimum absolute atomic E-state index is 0.603. The topological polar surface area (TPSA) is 51.6 Å². The average Bonchev–Trinajstić information content (AvgIpc) is 2.03. The van der Waals surface area contributed by atoms with Crippen LogP contribution in [0.3, 0.4) is 0 Å². The summed E-state index contributed by atoms with van der Waals surface area (Å²) in [4.78, 5) is 16.6. The summed E-state index contributed by atoms with van der Waals surface area (Å²) in [5.74, 6) is 0. The monoisotopic (exact) mass is 160 g/mol. The predicted octanol–water partition coefficient (Wildman–Crippen LogP) is 1.04. The molecule has 4 nitrogen and oxygen atoms in total. The van der Waals surface area contributed by atoms with Crippen molar-refractivity contribution in [2.45, 2.75) is 13.8 Å². The molecule has 0 aliphatic rings. The van der Waals surface area contributed by atoms with E-state index < -0.39 is 0 Å². The first-order chi connectivity index (χ1) is 5.75. The van der Waals surface area contributed by atoms with Gasteiger partial charge in [-0.25, -0.2) is 19.9 Å². The molecule has 2 rings (SSSR count). The second-order valence-corrected chi connectivity index (χ2v) is 2.67. The first kappa shape index (κ1) is 7.09. The molecule has 0 fully saturated rings. The van der Waals surface area contributed by atoms with E-state index in [2.05, 4.69) is 19.9 Å². The highest BCUT2D eigenvalue weighted by Crippen LogP contribution is 2.03. The van der Waals surface area contributed by atoms with Crippen LogP contribution < -0.4 is 0 Å². The van der Waals surface area contributed by atoms with Crippen LogP contribution >= 0.6 is 0 Å². The summed E-state index contributed by atoms with van der Waals surface area (Å²) in [5, 5.41) is 0. The van der Waals surface area contributed by atoms with Crippen molar-refractivity contribution in [3.05, 3.63) is 23.8 Å². The molecule has 0 atom stereocenters. The molecular weight excluding hydrogens is 152 g/mol. The van der Waals surface area contributed by atoms with E-state index in [9.17, 15) is 0 Å².